The van der Waals surface area contributed by atoms with Gasteiger partial charge in [0.25, 0.3) is 0 Å². The molecule has 0 aromatic heterocycles. The summed E-state index contributed by atoms with van der Waals surface area (Å²) in [7, 11) is 0. The molecule has 2 rings (SSSR count). The minimum absolute atomic E-state index is 0.0360. The summed E-state index contributed by atoms with van der Waals surface area (Å²) < 4.78 is 7.07. The highest BCUT2D eigenvalue weighted by molar-refractivity contribution is 9.10. The molecular formula is C21H32BrNO3. The van der Waals surface area contributed by atoms with Crippen LogP contribution in [0.15, 0.2) is 22.7 Å². The monoisotopic (exact) mass is 425 g/mol. The Hall–Kier alpha value is -1.23. The van der Waals surface area contributed by atoms with Gasteiger partial charge in [-0.05, 0) is 67.2 Å². The minimum atomic E-state index is -0.787. The zero-order chi connectivity index (χ0) is 19.5. The number of halogens is 1. The molecule has 5 heteroatoms. The molecule has 1 N–H and O–H groups in total. The van der Waals surface area contributed by atoms with Gasteiger partial charge in [-0.15, -0.1) is 0 Å². The Labute approximate surface area is 166 Å². The van der Waals surface area contributed by atoms with Gasteiger partial charge in [-0.3, -0.25) is 0 Å². The zero-order valence-electron chi connectivity index (χ0n) is 16.6. The third kappa shape index (κ3) is 5.63. The number of piperidine rings is 1. The second kappa shape index (κ2) is 8.64. The molecule has 0 bridgehead atoms. The highest BCUT2D eigenvalue weighted by Gasteiger charge is 2.38. The van der Waals surface area contributed by atoms with Crippen LogP contribution in [0.1, 0.15) is 52.5 Å². The van der Waals surface area contributed by atoms with Crippen LogP contribution < -0.4 is 4.74 Å². The van der Waals surface area contributed by atoms with Gasteiger partial charge in [0, 0.05) is 17.1 Å². The number of benzene rings is 1. The molecule has 1 aliphatic heterocycles. The summed E-state index contributed by atoms with van der Waals surface area (Å²) in [5.74, 6) is 1.91. The van der Waals surface area contributed by atoms with E-state index in [9.17, 15) is 9.90 Å². The second-order valence-electron chi connectivity index (χ2n) is 8.81. The van der Waals surface area contributed by atoms with E-state index in [0.717, 1.165) is 29.5 Å². The van der Waals surface area contributed by atoms with Crippen molar-refractivity contribution in [2.75, 3.05) is 13.2 Å². The van der Waals surface area contributed by atoms with Gasteiger partial charge in [0.15, 0.2) is 0 Å². The lowest BCUT2D eigenvalue weighted by molar-refractivity contribution is 0.0346. The maximum atomic E-state index is 11.6. The molecule has 3 atom stereocenters. The molecule has 1 aliphatic rings. The van der Waals surface area contributed by atoms with Crippen LogP contribution in [0, 0.1) is 24.2 Å². The number of aryl methyl sites for hydroxylation is 1. The van der Waals surface area contributed by atoms with Crippen LogP contribution in [0.5, 0.6) is 5.75 Å². The van der Waals surface area contributed by atoms with Crippen molar-refractivity contribution in [3.63, 3.8) is 0 Å². The molecule has 26 heavy (non-hydrogen) atoms. The van der Waals surface area contributed by atoms with Crippen molar-refractivity contribution in [2.24, 2.45) is 17.3 Å². The van der Waals surface area contributed by atoms with Crippen molar-refractivity contribution < 1.29 is 14.6 Å². The van der Waals surface area contributed by atoms with Crippen LogP contribution in [0.4, 0.5) is 4.79 Å². The Morgan fingerprint density at radius 3 is 2.69 bits per heavy atom. The summed E-state index contributed by atoms with van der Waals surface area (Å²) >= 11 is 3.51. The molecule has 0 radical (unpaired) electrons. The van der Waals surface area contributed by atoms with Gasteiger partial charge < -0.3 is 14.7 Å². The van der Waals surface area contributed by atoms with Crippen molar-refractivity contribution in [1.29, 1.82) is 0 Å². The summed E-state index contributed by atoms with van der Waals surface area (Å²) in [6.07, 6.45) is 2.18. The molecule has 1 aromatic rings. The van der Waals surface area contributed by atoms with Gasteiger partial charge in [-0.25, -0.2) is 4.79 Å². The summed E-state index contributed by atoms with van der Waals surface area (Å²) in [6, 6.07) is 6.15. The van der Waals surface area contributed by atoms with Gasteiger partial charge in [0.1, 0.15) is 5.75 Å². The fourth-order valence-electron chi connectivity index (χ4n) is 3.88. The fraction of sp³-hybridized carbons (Fsp3) is 0.667. The van der Waals surface area contributed by atoms with E-state index >= 15 is 0 Å². The lowest BCUT2D eigenvalue weighted by Gasteiger charge is -2.45. The number of carboxylic acid groups (broad SMARTS) is 1. The Balaban J connectivity index is 1.89. The number of nitrogens with zero attached hydrogens (tertiary/aromatic N) is 1. The molecule has 0 spiro atoms. The standard InChI is InChI=1S/C21H32BrNO3/c1-14(13-26-17-6-7-18(22)15(2)11-17)10-16-8-9-23(20(24)25)19(12-16)21(3,4)5/h6-7,11,14,16,19H,8-10,12-13H2,1-5H3,(H,24,25)/t14?,16?,19-/m1/s1. The third-order valence-corrected chi connectivity index (χ3v) is 6.25. The van der Waals surface area contributed by atoms with E-state index in [4.69, 9.17) is 4.74 Å². The number of hydrogen-bond acceptors (Lipinski definition) is 2. The molecule has 146 valence electrons. The first kappa shape index (κ1) is 21.1. The number of likely N-dealkylation sites (tertiary alicyclic amines) is 1. The first-order valence-corrected chi connectivity index (χ1v) is 10.3. The summed E-state index contributed by atoms with van der Waals surface area (Å²) in [4.78, 5) is 13.2. The maximum absolute atomic E-state index is 11.6. The number of hydrogen-bond donors (Lipinski definition) is 1. The van der Waals surface area contributed by atoms with Crippen LogP contribution in [0.25, 0.3) is 0 Å². The third-order valence-electron chi connectivity index (χ3n) is 5.36. The van der Waals surface area contributed by atoms with Gasteiger partial charge in [0.2, 0.25) is 0 Å². The molecule has 2 unspecified atom stereocenters. The number of amides is 1. The summed E-state index contributed by atoms with van der Waals surface area (Å²) in [5, 5.41) is 9.49. The Morgan fingerprint density at radius 2 is 2.12 bits per heavy atom. The van der Waals surface area contributed by atoms with Crippen LogP contribution in [0.2, 0.25) is 0 Å². The summed E-state index contributed by atoms with van der Waals surface area (Å²) in [6.45, 7) is 12.0. The maximum Gasteiger partial charge on any atom is 0.407 e. The smallest absolute Gasteiger partial charge is 0.407 e. The Kier molecular flexibility index (Phi) is 7.00. The predicted octanol–water partition coefficient (Wildman–Crippen LogP) is 5.97. The predicted molar refractivity (Wildman–Crippen MR) is 109 cm³/mol. The van der Waals surface area contributed by atoms with E-state index in [1.54, 1.807) is 4.90 Å². The lowest BCUT2D eigenvalue weighted by atomic mass is 9.75. The van der Waals surface area contributed by atoms with Crippen molar-refractivity contribution >= 4 is 22.0 Å². The lowest BCUT2D eigenvalue weighted by Crippen LogP contribution is -2.51. The fourth-order valence-corrected chi connectivity index (χ4v) is 4.13. The van der Waals surface area contributed by atoms with Crippen molar-refractivity contribution in [2.45, 2.75) is 59.9 Å². The van der Waals surface area contributed by atoms with E-state index in [-0.39, 0.29) is 11.5 Å². The van der Waals surface area contributed by atoms with Gasteiger partial charge >= 0.3 is 6.09 Å². The molecule has 1 heterocycles. The van der Waals surface area contributed by atoms with Crippen LogP contribution in [0.3, 0.4) is 0 Å². The average Bonchev–Trinajstić information content (AvgIpc) is 2.55. The van der Waals surface area contributed by atoms with E-state index in [0.29, 0.717) is 25.0 Å². The number of rotatable bonds is 5. The molecule has 4 nitrogen and oxygen atoms in total. The Morgan fingerprint density at radius 1 is 1.42 bits per heavy atom. The van der Waals surface area contributed by atoms with Gasteiger partial charge in [0.05, 0.1) is 6.61 Å². The van der Waals surface area contributed by atoms with Crippen molar-refractivity contribution in [3.05, 3.63) is 28.2 Å². The highest BCUT2D eigenvalue weighted by atomic mass is 79.9. The van der Waals surface area contributed by atoms with Gasteiger partial charge in [-0.1, -0.05) is 43.6 Å². The molecule has 1 saturated heterocycles. The highest BCUT2D eigenvalue weighted by Crippen LogP contribution is 2.37. The minimum Gasteiger partial charge on any atom is -0.493 e. The van der Waals surface area contributed by atoms with Crippen LogP contribution >= 0.6 is 15.9 Å². The van der Waals surface area contributed by atoms with E-state index in [1.807, 2.05) is 12.1 Å². The molecular weight excluding hydrogens is 394 g/mol. The molecule has 1 aromatic carbocycles. The number of ether oxygens (including phenoxy) is 1. The second-order valence-corrected chi connectivity index (χ2v) is 9.67. The quantitative estimate of drug-likeness (QED) is 0.631. The van der Waals surface area contributed by atoms with Crippen LogP contribution in [-0.4, -0.2) is 35.3 Å². The first-order chi connectivity index (χ1) is 12.1. The normalized spacial score (nSPS) is 22.2. The van der Waals surface area contributed by atoms with E-state index in [1.165, 1.54) is 5.56 Å². The molecule has 0 saturated carbocycles. The van der Waals surface area contributed by atoms with Gasteiger partial charge in [-0.2, -0.15) is 0 Å². The summed E-state index contributed by atoms with van der Waals surface area (Å²) in [5.41, 5.74) is 1.13. The van der Waals surface area contributed by atoms with E-state index < -0.39 is 6.09 Å². The van der Waals surface area contributed by atoms with Crippen molar-refractivity contribution in [1.82, 2.24) is 4.90 Å². The molecule has 1 amide bonds. The van der Waals surface area contributed by atoms with Crippen molar-refractivity contribution in [3.8, 4) is 5.75 Å². The topological polar surface area (TPSA) is 49.8 Å². The molecule has 0 aliphatic carbocycles. The molecule has 1 fully saturated rings. The zero-order valence-corrected chi connectivity index (χ0v) is 18.2. The first-order valence-electron chi connectivity index (χ1n) is 9.46. The Bertz CT molecular complexity index is 626. The SMILES string of the molecule is Cc1cc(OCC(C)CC2CCN(C(=O)O)[C@@H](C(C)(C)C)C2)ccc1Br. The average molecular weight is 426 g/mol. The van der Waals surface area contributed by atoms with E-state index in [2.05, 4.69) is 56.6 Å². The largest absolute Gasteiger partial charge is 0.493 e. The van der Waals surface area contributed by atoms with Crippen LogP contribution in [-0.2, 0) is 0 Å². The number of carbonyl (C=O) groups is 1.